The van der Waals surface area contributed by atoms with E-state index in [4.69, 9.17) is 10.5 Å². The highest BCUT2D eigenvalue weighted by Gasteiger charge is 2.38. The minimum absolute atomic E-state index is 0.0253. The molecule has 2 amide bonds. The monoisotopic (exact) mass is 435 g/mol. The molecule has 5 rings (SSSR count). The normalized spacial score (nSPS) is 20.0. The number of nitrogens with two attached hydrogens (primary N) is 1. The molecule has 1 aromatic heterocycles. The zero-order valence-corrected chi connectivity index (χ0v) is 18.0. The van der Waals surface area contributed by atoms with Crippen LogP contribution in [0.25, 0.3) is 10.1 Å². The molecule has 0 aliphatic carbocycles. The lowest BCUT2D eigenvalue weighted by molar-refractivity contribution is -0.149. The number of morpholine rings is 1. The predicted octanol–water partition coefficient (Wildman–Crippen LogP) is 3.03. The molecule has 3 heterocycles. The van der Waals surface area contributed by atoms with Gasteiger partial charge < -0.3 is 15.4 Å². The second kappa shape index (κ2) is 8.42. The van der Waals surface area contributed by atoms with E-state index >= 15 is 0 Å². The summed E-state index contributed by atoms with van der Waals surface area (Å²) in [4.78, 5) is 29.9. The molecule has 160 valence electrons. The number of rotatable bonds is 5. The van der Waals surface area contributed by atoms with Crippen molar-refractivity contribution in [2.75, 3.05) is 32.8 Å². The molecule has 0 radical (unpaired) electrons. The van der Waals surface area contributed by atoms with Crippen molar-refractivity contribution in [1.82, 2.24) is 9.80 Å². The smallest absolute Gasteiger partial charge is 0.259 e. The topological polar surface area (TPSA) is 75.9 Å². The molecule has 2 N–H and O–H groups in total. The highest BCUT2D eigenvalue weighted by Crippen LogP contribution is 2.38. The van der Waals surface area contributed by atoms with Crippen LogP contribution in [-0.2, 0) is 16.1 Å². The lowest BCUT2D eigenvalue weighted by Gasteiger charge is -2.42. The average molecular weight is 436 g/mol. The molecule has 7 heteroatoms. The van der Waals surface area contributed by atoms with Gasteiger partial charge in [-0.15, -0.1) is 11.3 Å². The molecule has 2 saturated heterocycles. The first-order chi connectivity index (χ1) is 15.1. The summed E-state index contributed by atoms with van der Waals surface area (Å²) in [6.07, 6.45) is -0.336. The van der Waals surface area contributed by atoms with E-state index < -0.39 is 5.91 Å². The molecule has 2 aliphatic rings. The summed E-state index contributed by atoms with van der Waals surface area (Å²) in [5.74, 6) is -0.242. The maximum atomic E-state index is 13.1. The fourth-order valence-electron chi connectivity index (χ4n) is 4.55. The van der Waals surface area contributed by atoms with Gasteiger partial charge in [0.1, 0.15) is 6.10 Å². The fraction of sp³-hybridized carbons (Fsp3) is 0.333. The van der Waals surface area contributed by atoms with Crippen LogP contribution in [-0.4, -0.2) is 54.4 Å². The minimum Gasteiger partial charge on any atom is -0.370 e. The van der Waals surface area contributed by atoms with E-state index in [0.717, 1.165) is 35.3 Å². The number of thiophene rings is 1. The number of ether oxygens (including phenoxy) is 1. The van der Waals surface area contributed by atoms with E-state index in [0.29, 0.717) is 24.6 Å². The van der Waals surface area contributed by atoms with Crippen molar-refractivity contribution in [1.29, 1.82) is 0 Å². The van der Waals surface area contributed by atoms with E-state index in [2.05, 4.69) is 17.0 Å². The first kappa shape index (κ1) is 20.2. The van der Waals surface area contributed by atoms with E-state index in [-0.39, 0.29) is 17.9 Å². The lowest BCUT2D eigenvalue weighted by atomic mass is 9.96. The number of amides is 2. The Hall–Kier alpha value is -2.74. The van der Waals surface area contributed by atoms with Gasteiger partial charge in [-0.1, -0.05) is 48.5 Å². The molecule has 2 aliphatic heterocycles. The van der Waals surface area contributed by atoms with Gasteiger partial charge in [0.15, 0.2) is 0 Å². The Labute approximate surface area is 185 Å². The Balaban J connectivity index is 1.27. The number of hydrogen-bond donors (Lipinski definition) is 1. The average Bonchev–Trinajstić information content (AvgIpc) is 3.16. The lowest BCUT2D eigenvalue weighted by Crippen LogP contribution is -2.56. The van der Waals surface area contributed by atoms with Crippen molar-refractivity contribution in [2.24, 2.45) is 11.7 Å². The van der Waals surface area contributed by atoms with Crippen molar-refractivity contribution >= 4 is 33.2 Å². The predicted molar refractivity (Wildman–Crippen MR) is 121 cm³/mol. The SMILES string of the molecule is NC(=O)c1sc2ccccc2c1[C@H]1CN(C(=O)C2CN(Cc3ccccc3)C2)CCO1. The summed E-state index contributed by atoms with van der Waals surface area (Å²) in [6, 6.07) is 18.2. The van der Waals surface area contributed by atoms with E-state index in [1.807, 2.05) is 47.4 Å². The van der Waals surface area contributed by atoms with Gasteiger partial charge >= 0.3 is 0 Å². The number of nitrogens with zero attached hydrogens (tertiary/aromatic N) is 2. The third kappa shape index (κ3) is 3.96. The number of hydrogen-bond acceptors (Lipinski definition) is 5. The Morgan fingerprint density at radius 3 is 2.55 bits per heavy atom. The van der Waals surface area contributed by atoms with Crippen LogP contribution in [0.15, 0.2) is 54.6 Å². The Kier molecular flexibility index (Phi) is 5.48. The Morgan fingerprint density at radius 2 is 1.77 bits per heavy atom. The van der Waals surface area contributed by atoms with Gasteiger partial charge in [-0.05, 0) is 17.0 Å². The zero-order chi connectivity index (χ0) is 21.4. The first-order valence-corrected chi connectivity index (χ1v) is 11.4. The summed E-state index contributed by atoms with van der Waals surface area (Å²) in [5.41, 5.74) is 7.76. The second-order valence-electron chi connectivity index (χ2n) is 8.23. The van der Waals surface area contributed by atoms with E-state index in [1.54, 1.807) is 0 Å². The Morgan fingerprint density at radius 1 is 1.03 bits per heavy atom. The summed E-state index contributed by atoms with van der Waals surface area (Å²) in [5, 5.41) is 0.985. The van der Waals surface area contributed by atoms with Crippen LogP contribution in [0.5, 0.6) is 0 Å². The number of primary amides is 1. The van der Waals surface area contributed by atoms with Gasteiger partial charge in [-0.3, -0.25) is 14.5 Å². The summed E-state index contributed by atoms with van der Waals surface area (Å²) in [6.45, 7) is 3.93. The summed E-state index contributed by atoms with van der Waals surface area (Å²) < 4.78 is 7.04. The fourth-order valence-corrected chi connectivity index (χ4v) is 5.65. The van der Waals surface area contributed by atoms with E-state index in [1.165, 1.54) is 16.9 Å². The maximum absolute atomic E-state index is 13.1. The Bertz CT molecular complexity index is 1110. The third-order valence-corrected chi connectivity index (χ3v) is 7.31. The molecule has 3 aromatic rings. The van der Waals surface area contributed by atoms with Gasteiger partial charge in [-0.25, -0.2) is 0 Å². The van der Waals surface area contributed by atoms with Crippen LogP contribution in [0.4, 0.5) is 0 Å². The molecular formula is C24H25N3O3S. The number of fused-ring (bicyclic) bond motifs is 1. The molecule has 2 aromatic carbocycles. The van der Waals surface area contributed by atoms with Crippen LogP contribution in [0, 0.1) is 5.92 Å². The van der Waals surface area contributed by atoms with Gasteiger partial charge in [0.25, 0.3) is 5.91 Å². The molecule has 0 saturated carbocycles. The van der Waals surface area contributed by atoms with Crippen molar-refractivity contribution in [2.45, 2.75) is 12.6 Å². The van der Waals surface area contributed by atoms with Crippen LogP contribution < -0.4 is 5.73 Å². The third-order valence-electron chi connectivity index (χ3n) is 6.11. The standard InChI is InChI=1S/C24H25N3O3S/c25-23(28)22-21(18-8-4-5-9-20(18)31-22)19-15-27(10-11-30-19)24(29)17-13-26(14-17)12-16-6-2-1-3-7-16/h1-9,17,19H,10-15H2,(H2,25,28)/t19-/m1/s1. The second-order valence-corrected chi connectivity index (χ2v) is 9.28. The van der Waals surface area contributed by atoms with Gasteiger partial charge in [0.05, 0.1) is 23.9 Å². The van der Waals surface area contributed by atoms with Gasteiger partial charge in [0.2, 0.25) is 5.91 Å². The molecule has 0 bridgehead atoms. The number of likely N-dealkylation sites (tertiary alicyclic amines) is 1. The zero-order valence-electron chi connectivity index (χ0n) is 17.2. The van der Waals surface area contributed by atoms with Crippen LogP contribution in [0.3, 0.4) is 0 Å². The summed E-state index contributed by atoms with van der Waals surface area (Å²) >= 11 is 1.39. The highest BCUT2D eigenvalue weighted by molar-refractivity contribution is 7.21. The molecule has 2 fully saturated rings. The van der Waals surface area contributed by atoms with Crippen molar-refractivity contribution < 1.29 is 14.3 Å². The molecule has 0 unspecified atom stereocenters. The number of carbonyl (C=O) groups excluding carboxylic acids is 2. The van der Waals surface area contributed by atoms with Gasteiger partial charge in [0, 0.05) is 36.4 Å². The molecule has 31 heavy (non-hydrogen) atoms. The largest absolute Gasteiger partial charge is 0.370 e. The van der Waals surface area contributed by atoms with Gasteiger partial charge in [-0.2, -0.15) is 0 Å². The van der Waals surface area contributed by atoms with Crippen molar-refractivity contribution in [3.8, 4) is 0 Å². The highest BCUT2D eigenvalue weighted by atomic mass is 32.1. The van der Waals surface area contributed by atoms with Crippen LogP contribution in [0.1, 0.15) is 26.9 Å². The van der Waals surface area contributed by atoms with Crippen molar-refractivity contribution in [3.63, 3.8) is 0 Å². The molecule has 0 spiro atoms. The number of carbonyl (C=O) groups is 2. The van der Waals surface area contributed by atoms with Crippen molar-refractivity contribution in [3.05, 3.63) is 70.6 Å². The molecule has 6 nitrogen and oxygen atoms in total. The molecular weight excluding hydrogens is 410 g/mol. The van der Waals surface area contributed by atoms with Crippen LogP contribution >= 0.6 is 11.3 Å². The molecule has 1 atom stereocenters. The maximum Gasteiger partial charge on any atom is 0.259 e. The minimum atomic E-state index is -0.446. The quantitative estimate of drug-likeness (QED) is 0.668. The first-order valence-electron chi connectivity index (χ1n) is 10.6. The van der Waals surface area contributed by atoms with Crippen LogP contribution in [0.2, 0.25) is 0 Å². The van der Waals surface area contributed by atoms with E-state index in [9.17, 15) is 9.59 Å². The summed E-state index contributed by atoms with van der Waals surface area (Å²) in [7, 11) is 0. The number of benzene rings is 2.